The summed E-state index contributed by atoms with van der Waals surface area (Å²) in [6.45, 7) is 5.58. The van der Waals surface area contributed by atoms with Gasteiger partial charge in [-0.25, -0.2) is 22.8 Å². The maximum absolute atomic E-state index is 14.3. The molecule has 1 aliphatic rings. The van der Waals surface area contributed by atoms with Gasteiger partial charge >= 0.3 is 0 Å². The van der Waals surface area contributed by atoms with Gasteiger partial charge in [-0.15, -0.1) is 0 Å². The highest BCUT2D eigenvalue weighted by Crippen LogP contribution is 2.36. The minimum atomic E-state index is -4.23. The SMILES string of the molecule is CCc1nc(N2CCOC(C)C2)c2[nH]c(N)c(S(=O)(=O)c3ccccc3F)c2n1. The number of hydrogen-bond acceptors (Lipinski definition) is 7. The van der Waals surface area contributed by atoms with E-state index in [0.717, 1.165) is 6.07 Å². The number of aryl methyl sites for hydroxylation is 1. The fourth-order valence-corrected chi connectivity index (χ4v) is 5.08. The molecule has 1 unspecified atom stereocenters. The number of ether oxygens (including phenoxy) is 1. The van der Waals surface area contributed by atoms with Crippen molar-refractivity contribution in [3.8, 4) is 0 Å². The van der Waals surface area contributed by atoms with Gasteiger partial charge in [0.15, 0.2) is 5.82 Å². The molecule has 3 heterocycles. The molecule has 1 fully saturated rings. The highest BCUT2D eigenvalue weighted by Gasteiger charge is 2.31. The van der Waals surface area contributed by atoms with Gasteiger partial charge in [-0.2, -0.15) is 0 Å². The molecule has 29 heavy (non-hydrogen) atoms. The standard InChI is InChI=1S/C19H22FN5O3S/c1-3-14-22-15-16(19(23-14)25-8-9-28-11(2)10-25)24-18(21)17(15)29(26,27)13-7-5-4-6-12(13)20/h4-7,11,24H,3,8-10,21H2,1-2H3. The summed E-state index contributed by atoms with van der Waals surface area (Å²) in [5.41, 5.74) is 6.67. The first-order valence-corrected chi connectivity index (χ1v) is 10.9. The Labute approximate surface area is 167 Å². The maximum atomic E-state index is 14.3. The van der Waals surface area contributed by atoms with Crippen LogP contribution in [0.3, 0.4) is 0 Å². The number of morpholine rings is 1. The quantitative estimate of drug-likeness (QED) is 0.667. The zero-order chi connectivity index (χ0) is 20.8. The number of aromatic nitrogens is 3. The van der Waals surface area contributed by atoms with E-state index in [-0.39, 0.29) is 22.3 Å². The molecule has 3 aromatic rings. The molecule has 0 bridgehead atoms. The second-order valence-electron chi connectivity index (χ2n) is 6.97. The number of fused-ring (bicyclic) bond motifs is 1. The second kappa shape index (κ2) is 7.27. The molecule has 8 nitrogen and oxygen atoms in total. The lowest BCUT2D eigenvalue weighted by Gasteiger charge is -2.32. The van der Waals surface area contributed by atoms with E-state index >= 15 is 0 Å². The third-order valence-electron chi connectivity index (χ3n) is 4.91. The average Bonchev–Trinajstić information content (AvgIpc) is 3.03. The normalized spacial score (nSPS) is 17.8. The molecule has 0 amide bonds. The molecule has 0 radical (unpaired) electrons. The highest BCUT2D eigenvalue weighted by molar-refractivity contribution is 7.92. The van der Waals surface area contributed by atoms with Crippen molar-refractivity contribution in [3.05, 3.63) is 35.9 Å². The summed E-state index contributed by atoms with van der Waals surface area (Å²) in [6.07, 6.45) is 0.514. The van der Waals surface area contributed by atoms with Crippen LogP contribution in [-0.4, -0.2) is 49.2 Å². The number of benzene rings is 1. The van der Waals surface area contributed by atoms with Gasteiger partial charge in [0.1, 0.15) is 38.3 Å². The van der Waals surface area contributed by atoms with Crippen LogP contribution in [0.2, 0.25) is 0 Å². The van der Waals surface area contributed by atoms with Crippen LogP contribution in [0.1, 0.15) is 19.7 Å². The molecule has 0 spiro atoms. The van der Waals surface area contributed by atoms with Gasteiger partial charge in [0.05, 0.1) is 12.7 Å². The summed E-state index contributed by atoms with van der Waals surface area (Å²) in [7, 11) is -4.23. The van der Waals surface area contributed by atoms with Crippen molar-refractivity contribution >= 4 is 32.5 Å². The van der Waals surface area contributed by atoms with E-state index in [0.29, 0.717) is 43.3 Å². The molecule has 1 atom stereocenters. The molecular weight excluding hydrogens is 397 g/mol. The molecule has 0 aliphatic carbocycles. The topological polar surface area (TPSA) is 114 Å². The number of nitrogen functional groups attached to an aromatic ring is 1. The van der Waals surface area contributed by atoms with Crippen LogP contribution in [0.5, 0.6) is 0 Å². The molecule has 3 N–H and O–H groups in total. The Morgan fingerprint density at radius 3 is 2.79 bits per heavy atom. The number of rotatable bonds is 4. The van der Waals surface area contributed by atoms with Crippen LogP contribution in [0.15, 0.2) is 34.1 Å². The molecule has 1 saturated heterocycles. The van der Waals surface area contributed by atoms with E-state index in [2.05, 4.69) is 15.0 Å². The van der Waals surface area contributed by atoms with Gasteiger partial charge in [-0.05, 0) is 19.1 Å². The minimum Gasteiger partial charge on any atom is -0.384 e. The van der Waals surface area contributed by atoms with Gasteiger partial charge in [0.2, 0.25) is 9.84 Å². The lowest BCUT2D eigenvalue weighted by atomic mass is 10.2. The molecule has 1 aromatic carbocycles. The van der Waals surface area contributed by atoms with E-state index in [9.17, 15) is 12.8 Å². The molecule has 10 heteroatoms. The Bertz CT molecular complexity index is 1180. The summed E-state index contributed by atoms with van der Waals surface area (Å²) in [5, 5.41) is 0. The van der Waals surface area contributed by atoms with Gasteiger partial charge < -0.3 is 20.4 Å². The first-order chi connectivity index (χ1) is 13.8. The number of nitrogens with two attached hydrogens (primary N) is 1. The smallest absolute Gasteiger partial charge is 0.215 e. The summed E-state index contributed by atoms with van der Waals surface area (Å²) >= 11 is 0. The maximum Gasteiger partial charge on any atom is 0.215 e. The Kier molecular flexibility index (Phi) is 4.91. The number of halogens is 1. The Hall–Kier alpha value is -2.72. The second-order valence-corrected chi connectivity index (χ2v) is 8.82. The molecule has 1 aliphatic heterocycles. The summed E-state index contributed by atoms with van der Waals surface area (Å²) in [6, 6.07) is 5.22. The molecular formula is C19H22FN5O3S. The molecule has 154 valence electrons. The van der Waals surface area contributed by atoms with Crippen LogP contribution >= 0.6 is 0 Å². The Morgan fingerprint density at radius 2 is 2.10 bits per heavy atom. The largest absolute Gasteiger partial charge is 0.384 e. The van der Waals surface area contributed by atoms with E-state index in [1.54, 1.807) is 0 Å². The number of aromatic amines is 1. The highest BCUT2D eigenvalue weighted by atomic mass is 32.2. The Balaban J connectivity index is 1.96. The van der Waals surface area contributed by atoms with Crippen LogP contribution in [0.4, 0.5) is 16.0 Å². The fourth-order valence-electron chi connectivity index (χ4n) is 3.53. The van der Waals surface area contributed by atoms with Crippen molar-refractivity contribution in [2.45, 2.75) is 36.2 Å². The van der Waals surface area contributed by atoms with Crippen molar-refractivity contribution in [1.29, 1.82) is 0 Å². The van der Waals surface area contributed by atoms with E-state index in [1.165, 1.54) is 18.2 Å². The van der Waals surface area contributed by atoms with Crippen LogP contribution in [0.25, 0.3) is 11.0 Å². The van der Waals surface area contributed by atoms with Gasteiger partial charge in [-0.3, -0.25) is 0 Å². The summed E-state index contributed by atoms with van der Waals surface area (Å²) in [5.74, 6) is 0.126. The number of nitrogens with zero attached hydrogens (tertiary/aromatic N) is 3. The van der Waals surface area contributed by atoms with Gasteiger partial charge in [0, 0.05) is 19.5 Å². The van der Waals surface area contributed by atoms with Crippen molar-refractivity contribution < 1.29 is 17.5 Å². The first-order valence-electron chi connectivity index (χ1n) is 9.37. The zero-order valence-corrected chi connectivity index (χ0v) is 17.0. The number of nitrogens with one attached hydrogen (secondary N) is 1. The van der Waals surface area contributed by atoms with E-state index < -0.39 is 20.5 Å². The first kappa shape index (κ1) is 19.6. The predicted octanol–water partition coefficient (Wildman–Crippen LogP) is 2.30. The molecule has 0 saturated carbocycles. The summed E-state index contributed by atoms with van der Waals surface area (Å²) < 4.78 is 46.4. The fraction of sp³-hybridized carbons (Fsp3) is 0.368. The monoisotopic (exact) mass is 419 g/mol. The van der Waals surface area contributed by atoms with Crippen molar-refractivity contribution in [3.63, 3.8) is 0 Å². The Morgan fingerprint density at radius 1 is 1.34 bits per heavy atom. The molecule has 4 rings (SSSR count). The minimum absolute atomic E-state index is 0.00719. The zero-order valence-electron chi connectivity index (χ0n) is 16.1. The number of sulfone groups is 1. The van der Waals surface area contributed by atoms with Gasteiger partial charge in [0.25, 0.3) is 0 Å². The van der Waals surface area contributed by atoms with Crippen LogP contribution < -0.4 is 10.6 Å². The van der Waals surface area contributed by atoms with Crippen molar-refractivity contribution in [2.75, 3.05) is 30.3 Å². The average molecular weight is 419 g/mol. The van der Waals surface area contributed by atoms with Crippen LogP contribution in [-0.2, 0) is 21.0 Å². The lowest BCUT2D eigenvalue weighted by molar-refractivity contribution is 0.0530. The summed E-state index contributed by atoms with van der Waals surface area (Å²) in [4.78, 5) is 13.3. The van der Waals surface area contributed by atoms with Gasteiger partial charge in [-0.1, -0.05) is 19.1 Å². The lowest BCUT2D eigenvalue weighted by Crippen LogP contribution is -2.41. The van der Waals surface area contributed by atoms with E-state index in [1.807, 2.05) is 18.7 Å². The predicted molar refractivity (Wildman–Crippen MR) is 107 cm³/mol. The third-order valence-corrected chi connectivity index (χ3v) is 6.77. The number of anilines is 2. The molecule has 2 aromatic heterocycles. The number of hydrogen-bond donors (Lipinski definition) is 2. The number of H-pyrrole nitrogens is 1. The van der Waals surface area contributed by atoms with E-state index in [4.69, 9.17) is 10.5 Å². The van der Waals surface area contributed by atoms with Crippen molar-refractivity contribution in [2.24, 2.45) is 0 Å². The third kappa shape index (κ3) is 3.32. The van der Waals surface area contributed by atoms with Crippen LogP contribution in [0, 0.1) is 5.82 Å². The van der Waals surface area contributed by atoms with Crippen molar-refractivity contribution in [1.82, 2.24) is 15.0 Å².